The number of nitrogens with zero attached hydrogens (tertiary/aromatic N) is 2. The topological polar surface area (TPSA) is 88.5 Å². The summed E-state index contributed by atoms with van der Waals surface area (Å²) < 4.78 is 2.22. The molecule has 0 radical (unpaired) electrons. The van der Waals surface area contributed by atoms with Crippen LogP contribution in [0.25, 0.3) is 0 Å². The van der Waals surface area contributed by atoms with E-state index in [-0.39, 0.29) is 29.1 Å². The summed E-state index contributed by atoms with van der Waals surface area (Å²) in [6, 6.07) is 23.1. The number of hydrogen-bond donors (Lipinski definition) is 1. The van der Waals surface area contributed by atoms with E-state index >= 15 is 0 Å². The first-order chi connectivity index (χ1) is 18.8. The van der Waals surface area contributed by atoms with Gasteiger partial charge in [-0.05, 0) is 54.1 Å². The number of imide groups is 1. The average molecular weight is 641 g/mol. The Morgan fingerprint density at radius 2 is 1.69 bits per heavy atom. The summed E-state index contributed by atoms with van der Waals surface area (Å²) in [6.07, 6.45) is 0. The number of benzene rings is 3. The highest BCUT2D eigenvalue weighted by atomic mass is 79.9. The molecule has 0 spiro atoms. The normalized spacial score (nSPS) is 20.1. The van der Waals surface area contributed by atoms with E-state index in [1.165, 1.54) is 21.2 Å². The van der Waals surface area contributed by atoms with Crippen LogP contribution in [0.2, 0.25) is 5.02 Å². The van der Waals surface area contributed by atoms with Gasteiger partial charge in [0.25, 0.3) is 0 Å². The Kier molecular flexibility index (Phi) is 6.96. The summed E-state index contributed by atoms with van der Waals surface area (Å²) >= 11 is 11.7. The van der Waals surface area contributed by atoms with E-state index in [1.54, 1.807) is 48.5 Å². The Balaban J connectivity index is 1.41. The molecular weight excluding hydrogens is 622 g/mol. The number of nitrogens with one attached hydrogen (secondary N) is 1. The fourth-order valence-corrected chi connectivity index (χ4v) is 8.34. The van der Waals surface area contributed by atoms with Crippen molar-refractivity contribution in [1.29, 1.82) is 0 Å². The number of halogens is 2. The number of amides is 3. The Morgan fingerprint density at radius 1 is 0.949 bits per heavy atom. The Bertz CT molecular complexity index is 1670. The van der Waals surface area contributed by atoms with Gasteiger partial charge in [-0.1, -0.05) is 81.0 Å². The van der Waals surface area contributed by atoms with Crippen molar-refractivity contribution >= 4 is 79.7 Å². The zero-order valence-electron chi connectivity index (χ0n) is 20.0. The van der Waals surface area contributed by atoms with Crippen molar-refractivity contribution in [3.05, 3.63) is 108 Å². The van der Waals surface area contributed by atoms with Crippen molar-refractivity contribution in [2.75, 3.05) is 10.2 Å². The van der Waals surface area contributed by atoms with Crippen LogP contribution in [-0.4, -0.2) is 27.5 Å². The van der Waals surface area contributed by atoms with E-state index in [0.29, 0.717) is 26.3 Å². The maximum Gasteiger partial charge on any atom is 0.308 e. The fraction of sp³-hybridized carbons (Fsp3) is 0.143. The molecular formula is C28H19BrClN3O4S2. The number of carbonyl (C=O) groups excluding carboxylic acids is 3. The van der Waals surface area contributed by atoms with E-state index < -0.39 is 17.1 Å². The van der Waals surface area contributed by atoms with Crippen LogP contribution in [0.15, 0.2) is 93.2 Å². The van der Waals surface area contributed by atoms with Crippen LogP contribution in [-0.2, 0) is 20.9 Å². The van der Waals surface area contributed by atoms with Gasteiger partial charge in [0.2, 0.25) is 17.7 Å². The number of anilines is 2. The molecule has 1 N–H and O–H groups in total. The van der Waals surface area contributed by atoms with Crippen molar-refractivity contribution in [2.24, 2.45) is 5.92 Å². The Morgan fingerprint density at radius 3 is 2.41 bits per heavy atom. The maximum absolute atomic E-state index is 13.9. The van der Waals surface area contributed by atoms with Crippen LogP contribution in [0.3, 0.4) is 0 Å². The molecule has 0 aliphatic carbocycles. The summed E-state index contributed by atoms with van der Waals surface area (Å²) in [5.41, 5.74) is 1.88. The Labute approximate surface area is 244 Å². The molecule has 3 amide bonds. The van der Waals surface area contributed by atoms with Gasteiger partial charge in [0.05, 0.1) is 16.6 Å². The molecule has 1 aromatic heterocycles. The molecule has 1 fully saturated rings. The largest absolute Gasteiger partial charge is 0.325 e. The lowest BCUT2D eigenvalue weighted by atomic mass is 9.83. The average Bonchev–Trinajstić information content (AvgIpc) is 3.36. The number of thioether (sulfide) groups is 1. The van der Waals surface area contributed by atoms with Crippen LogP contribution >= 0.6 is 50.6 Å². The first-order valence-electron chi connectivity index (χ1n) is 12.0. The molecule has 11 heteroatoms. The smallest absolute Gasteiger partial charge is 0.308 e. The molecule has 0 unspecified atom stereocenters. The van der Waals surface area contributed by atoms with Gasteiger partial charge >= 0.3 is 4.87 Å². The molecule has 6 rings (SSSR count). The first kappa shape index (κ1) is 26.1. The molecule has 0 bridgehead atoms. The van der Waals surface area contributed by atoms with Gasteiger partial charge in [-0.3, -0.25) is 23.7 Å². The van der Waals surface area contributed by atoms with E-state index in [1.807, 2.05) is 30.3 Å². The number of carbonyl (C=O) groups is 3. The third-order valence-electron chi connectivity index (χ3n) is 6.70. The minimum atomic E-state index is -0.742. The number of para-hydroxylation sites is 1. The SMILES string of the molecule is O=C(Cn1c2c(sc1=O)[C@@H](c1cccc(Br)c1)[C@@H]1C(=O)N(c3ccccc3)C(=O)[C@@H]1S2)Nc1ccc(Cl)cc1. The minimum Gasteiger partial charge on any atom is -0.325 e. The number of rotatable bonds is 5. The number of thiazole rings is 1. The van der Waals surface area contributed by atoms with Gasteiger partial charge in [0.15, 0.2) is 0 Å². The van der Waals surface area contributed by atoms with E-state index in [2.05, 4.69) is 21.2 Å². The lowest BCUT2D eigenvalue weighted by molar-refractivity contribution is -0.122. The molecule has 4 aromatic rings. The van der Waals surface area contributed by atoms with Gasteiger partial charge in [-0.2, -0.15) is 0 Å². The van der Waals surface area contributed by atoms with E-state index in [0.717, 1.165) is 21.4 Å². The number of fused-ring (bicyclic) bond motifs is 2. The monoisotopic (exact) mass is 639 g/mol. The fourth-order valence-electron chi connectivity index (χ4n) is 5.02. The molecule has 7 nitrogen and oxygen atoms in total. The van der Waals surface area contributed by atoms with Crippen LogP contribution < -0.4 is 15.1 Å². The highest BCUT2D eigenvalue weighted by Gasteiger charge is 2.56. The van der Waals surface area contributed by atoms with Crippen molar-refractivity contribution in [3.8, 4) is 0 Å². The van der Waals surface area contributed by atoms with Gasteiger partial charge in [-0.15, -0.1) is 0 Å². The van der Waals surface area contributed by atoms with Gasteiger partial charge in [0, 0.05) is 26.0 Å². The van der Waals surface area contributed by atoms with Crippen LogP contribution in [0.5, 0.6) is 0 Å². The van der Waals surface area contributed by atoms with E-state index in [4.69, 9.17) is 11.6 Å². The first-order valence-corrected chi connectivity index (χ1v) is 14.8. The van der Waals surface area contributed by atoms with E-state index in [9.17, 15) is 19.2 Å². The summed E-state index contributed by atoms with van der Waals surface area (Å²) in [4.78, 5) is 55.3. The predicted molar refractivity (Wildman–Crippen MR) is 157 cm³/mol. The Hall–Kier alpha value is -3.18. The summed E-state index contributed by atoms with van der Waals surface area (Å²) in [5, 5.41) is 3.13. The molecule has 3 heterocycles. The lowest BCUT2D eigenvalue weighted by Crippen LogP contribution is -2.33. The van der Waals surface area contributed by atoms with Crippen LogP contribution in [0.4, 0.5) is 11.4 Å². The highest BCUT2D eigenvalue weighted by molar-refractivity contribution is 9.10. The zero-order valence-corrected chi connectivity index (χ0v) is 24.0. The third-order valence-corrected chi connectivity index (χ3v) is 10.1. The van der Waals surface area contributed by atoms with Crippen molar-refractivity contribution in [3.63, 3.8) is 0 Å². The van der Waals surface area contributed by atoms with Crippen LogP contribution in [0, 0.1) is 5.92 Å². The standard InChI is InChI=1S/C28H19BrClN3O4S2/c29-16-6-4-5-15(13-16)21-22-23(26(36)33(25(22)35)19-7-2-1-3-8-19)38-27-24(21)39-28(37)32(27)14-20(34)31-18-11-9-17(30)10-12-18/h1-13,21-23H,14H2,(H,31,34)/t21-,22-,23+/m0/s1. The predicted octanol–water partition coefficient (Wildman–Crippen LogP) is 5.76. The third kappa shape index (κ3) is 4.75. The molecule has 196 valence electrons. The van der Waals surface area contributed by atoms with Gasteiger partial charge in [-0.25, -0.2) is 4.90 Å². The quantitative estimate of drug-likeness (QED) is 0.280. The van der Waals surface area contributed by atoms with Crippen molar-refractivity contribution < 1.29 is 14.4 Å². The molecule has 0 saturated carbocycles. The second-order valence-corrected chi connectivity index (χ2v) is 12.6. The molecule has 2 aliphatic heterocycles. The summed E-state index contributed by atoms with van der Waals surface area (Å²) in [7, 11) is 0. The summed E-state index contributed by atoms with van der Waals surface area (Å²) in [5.74, 6) is -2.23. The van der Waals surface area contributed by atoms with Crippen LogP contribution in [0.1, 0.15) is 16.4 Å². The molecule has 3 atom stereocenters. The summed E-state index contributed by atoms with van der Waals surface area (Å²) in [6.45, 7) is -0.229. The molecule has 39 heavy (non-hydrogen) atoms. The highest BCUT2D eigenvalue weighted by Crippen LogP contribution is 2.54. The molecule has 1 saturated heterocycles. The minimum absolute atomic E-state index is 0.229. The molecule has 3 aromatic carbocycles. The van der Waals surface area contributed by atoms with Crippen molar-refractivity contribution in [1.82, 2.24) is 4.57 Å². The van der Waals surface area contributed by atoms with Gasteiger partial charge < -0.3 is 5.32 Å². The molecule has 2 aliphatic rings. The zero-order chi connectivity index (χ0) is 27.3. The second-order valence-electron chi connectivity index (χ2n) is 9.12. The number of hydrogen-bond acceptors (Lipinski definition) is 6. The second kappa shape index (κ2) is 10.4. The van der Waals surface area contributed by atoms with Gasteiger partial charge in [0.1, 0.15) is 11.8 Å². The number of aromatic nitrogens is 1. The maximum atomic E-state index is 13.9. The lowest BCUT2D eigenvalue weighted by Gasteiger charge is -2.30. The van der Waals surface area contributed by atoms with Crippen molar-refractivity contribution in [2.45, 2.75) is 22.7 Å².